The van der Waals surface area contributed by atoms with Gasteiger partial charge < -0.3 is 10.1 Å². The van der Waals surface area contributed by atoms with Gasteiger partial charge in [-0.05, 0) is 58.0 Å². The first kappa shape index (κ1) is 14.8. The summed E-state index contributed by atoms with van der Waals surface area (Å²) in [4.78, 5) is 14.9. The number of ether oxygens (including phenoxy) is 1. The van der Waals surface area contributed by atoms with Gasteiger partial charge >= 0.3 is 5.97 Å². The van der Waals surface area contributed by atoms with Crippen LogP contribution in [0.5, 0.6) is 0 Å². The number of esters is 1. The fraction of sp³-hybridized carbons (Fsp3) is 0.933. The van der Waals surface area contributed by atoms with Gasteiger partial charge in [-0.15, -0.1) is 0 Å². The third-order valence-electron chi connectivity index (χ3n) is 4.66. The summed E-state index contributed by atoms with van der Waals surface area (Å²) in [5.41, 5.74) is -0.469. The first-order chi connectivity index (χ1) is 9.14. The summed E-state index contributed by atoms with van der Waals surface area (Å²) in [6.45, 7) is 7.21. The van der Waals surface area contributed by atoms with Gasteiger partial charge in [-0.1, -0.05) is 6.92 Å². The number of likely N-dealkylation sites (tertiary alicyclic amines) is 1. The number of rotatable bonds is 7. The van der Waals surface area contributed by atoms with Crippen molar-refractivity contribution in [2.24, 2.45) is 5.92 Å². The van der Waals surface area contributed by atoms with Crippen molar-refractivity contribution in [3.05, 3.63) is 0 Å². The minimum atomic E-state index is -0.469. The van der Waals surface area contributed by atoms with E-state index < -0.39 is 5.54 Å². The number of hydrogen-bond acceptors (Lipinski definition) is 4. The van der Waals surface area contributed by atoms with E-state index in [9.17, 15) is 4.79 Å². The van der Waals surface area contributed by atoms with E-state index in [1.54, 1.807) is 0 Å². The topological polar surface area (TPSA) is 41.6 Å². The highest BCUT2D eigenvalue weighted by Gasteiger charge is 2.52. The average molecular weight is 268 g/mol. The van der Waals surface area contributed by atoms with E-state index in [-0.39, 0.29) is 5.97 Å². The Hall–Kier alpha value is -0.610. The van der Waals surface area contributed by atoms with Crippen molar-refractivity contribution in [2.75, 3.05) is 26.7 Å². The van der Waals surface area contributed by atoms with Crippen LogP contribution >= 0.6 is 0 Å². The highest BCUT2D eigenvalue weighted by molar-refractivity contribution is 5.82. The van der Waals surface area contributed by atoms with Crippen molar-refractivity contribution in [3.8, 4) is 0 Å². The molecule has 4 heteroatoms. The molecule has 1 aliphatic heterocycles. The van der Waals surface area contributed by atoms with Crippen molar-refractivity contribution in [1.82, 2.24) is 10.2 Å². The standard InChI is InChI=1S/C15H28N2O2/c1-4-9-16-15(13-7-8-13,14(18)19-3)11-17-10-5-6-12(17)2/h12-13,16H,4-11H2,1-3H3. The number of carbonyl (C=O) groups is 1. The fourth-order valence-corrected chi connectivity index (χ4v) is 3.29. The summed E-state index contributed by atoms with van der Waals surface area (Å²) >= 11 is 0. The largest absolute Gasteiger partial charge is 0.468 e. The maximum atomic E-state index is 12.4. The Balaban J connectivity index is 2.13. The zero-order valence-corrected chi connectivity index (χ0v) is 12.6. The molecule has 2 rings (SSSR count). The van der Waals surface area contributed by atoms with Gasteiger partial charge in [0.2, 0.25) is 0 Å². The molecular weight excluding hydrogens is 240 g/mol. The van der Waals surface area contributed by atoms with Crippen molar-refractivity contribution >= 4 is 5.97 Å². The lowest BCUT2D eigenvalue weighted by Crippen LogP contribution is -2.61. The van der Waals surface area contributed by atoms with Crippen molar-refractivity contribution in [2.45, 2.75) is 57.5 Å². The molecule has 110 valence electrons. The van der Waals surface area contributed by atoms with Crippen molar-refractivity contribution < 1.29 is 9.53 Å². The van der Waals surface area contributed by atoms with Crippen LogP contribution in [0.4, 0.5) is 0 Å². The average Bonchev–Trinajstić information content (AvgIpc) is 3.19. The Labute approximate surface area is 116 Å². The van der Waals surface area contributed by atoms with E-state index >= 15 is 0 Å². The molecule has 1 heterocycles. The minimum absolute atomic E-state index is 0.0671. The van der Waals surface area contributed by atoms with Crippen LogP contribution in [-0.2, 0) is 9.53 Å². The van der Waals surface area contributed by atoms with Gasteiger partial charge in [-0.2, -0.15) is 0 Å². The monoisotopic (exact) mass is 268 g/mol. The predicted molar refractivity (Wildman–Crippen MR) is 76.0 cm³/mol. The van der Waals surface area contributed by atoms with Crippen LogP contribution in [0.25, 0.3) is 0 Å². The Kier molecular flexibility index (Phi) is 4.85. The molecule has 1 aliphatic carbocycles. The molecular formula is C15H28N2O2. The molecule has 2 fully saturated rings. The van der Waals surface area contributed by atoms with E-state index in [1.807, 2.05) is 0 Å². The lowest BCUT2D eigenvalue weighted by molar-refractivity contribution is -0.151. The molecule has 1 saturated carbocycles. The summed E-state index contributed by atoms with van der Waals surface area (Å²) in [6, 6.07) is 0.589. The number of carbonyl (C=O) groups excluding carboxylic acids is 1. The van der Waals surface area contributed by atoms with Gasteiger partial charge in [0.25, 0.3) is 0 Å². The van der Waals surface area contributed by atoms with E-state index in [1.165, 1.54) is 20.0 Å². The Morgan fingerprint density at radius 2 is 2.16 bits per heavy atom. The molecule has 0 amide bonds. The van der Waals surface area contributed by atoms with Gasteiger partial charge in [0.15, 0.2) is 0 Å². The Morgan fingerprint density at radius 1 is 1.42 bits per heavy atom. The first-order valence-corrected chi connectivity index (χ1v) is 7.71. The van der Waals surface area contributed by atoms with Gasteiger partial charge in [-0.25, -0.2) is 4.79 Å². The van der Waals surface area contributed by atoms with Gasteiger partial charge in [0, 0.05) is 12.6 Å². The maximum Gasteiger partial charge on any atom is 0.327 e. The molecule has 2 atom stereocenters. The molecule has 19 heavy (non-hydrogen) atoms. The summed E-state index contributed by atoms with van der Waals surface area (Å²) in [5.74, 6) is 0.391. The van der Waals surface area contributed by atoms with Crippen LogP contribution < -0.4 is 5.32 Å². The van der Waals surface area contributed by atoms with Crippen LogP contribution in [0.15, 0.2) is 0 Å². The predicted octanol–water partition coefficient (Wildman–Crippen LogP) is 1.79. The molecule has 0 aromatic carbocycles. The third kappa shape index (κ3) is 3.11. The summed E-state index contributed by atoms with van der Waals surface area (Å²) in [6.07, 6.45) is 5.83. The van der Waals surface area contributed by atoms with Crippen molar-refractivity contribution in [3.63, 3.8) is 0 Å². The van der Waals surface area contributed by atoms with Gasteiger partial charge in [-0.3, -0.25) is 4.90 Å². The first-order valence-electron chi connectivity index (χ1n) is 7.71. The van der Waals surface area contributed by atoms with Crippen LogP contribution in [-0.4, -0.2) is 49.2 Å². The quantitative estimate of drug-likeness (QED) is 0.715. The summed E-state index contributed by atoms with van der Waals surface area (Å²) in [7, 11) is 1.51. The second-order valence-corrected chi connectivity index (χ2v) is 6.13. The summed E-state index contributed by atoms with van der Waals surface area (Å²) < 4.78 is 5.13. The van der Waals surface area contributed by atoms with Crippen LogP contribution in [0, 0.1) is 5.92 Å². The molecule has 1 N–H and O–H groups in total. The zero-order valence-electron chi connectivity index (χ0n) is 12.6. The molecule has 2 aliphatic rings. The third-order valence-corrected chi connectivity index (χ3v) is 4.66. The molecule has 0 aromatic heterocycles. The SMILES string of the molecule is CCCNC(CN1CCCC1C)(C(=O)OC)C1CC1. The molecule has 2 unspecified atom stereocenters. The molecule has 0 aromatic rings. The van der Waals surface area contributed by atoms with Gasteiger partial charge in [0.1, 0.15) is 5.54 Å². The van der Waals surface area contributed by atoms with E-state index in [0.29, 0.717) is 12.0 Å². The summed E-state index contributed by atoms with van der Waals surface area (Å²) in [5, 5.41) is 3.53. The fourth-order valence-electron chi connectivity index (χ4n) is 3.29. The lowest BCUT2D eigenvalue weighted by Gasteiger charge is -2.37. The molecule has 1 saturated heterocycles. The van der Waals surface area contributed by atoms with Crippen molar-refractivity contribution in [1.29, 1.82) is 0 Å². The van der Waals surface area contributed by atoms with E-state index in [0.717, 1.165) is 38.9 Å². The smallest absolute Gasteiger partial charge is 0.327 e. The highest BCUT2D eigenvalue weighted by atomic mass is 16.5. The number of nitrogens with one attached hydrogen (secondary N) is 1. The second kappa shape index (κ2) is 6.23. The molecule has 0 bridgehead atoms. The Morgan fingerprint density at radius 3 is 2.63 bits per heavy atom. The van der Waals surface area contributed by atoms with E-state index in [4.69, 9.17) is 4.74 Å². The van der Waals surface area contributed by atoms with Crippen LogP contribution in [0.2, 0.25) is 0 Å². The number of hydrogen-bond donors (Lipinski definition) is 1. The normalized spacial score (nSPS) is 27.2. The molecule has 0 spiro atoms. The van der Waals surface area contributed by atoms with E-state index in [2.05, 4.69) is 24.1 Å². The number of nitrogens with zero attached hydrogens (tertiary/aromatic N) is 1. The Bertz CT molecular complexity index is 317. The molecule has 0 radical (unpaired) electrons. The van der Waals surface area contributed by atoms with Gasteiger partial charge in [0.05, 0.1) is 7.11 Å². The second-order valence-electron chi connectivity index (χ2n) is 6.13. The maximum absolute atomic E-state index is 12.4. The minimum Gasteiger partial charge on any atom is -0.468 e. The lowest BCUT2D eigenvalue weighted by atomic mass is 9.91. The number of methoxy groups -OCH3 is 1. The van der Waals surface area contributed by atoms with Crippen LogP contribution in [0.1, 0.15) is 46.0 Å². The highest BCUT2D eigenvalue weighted by Crippen LogP contribution is 2.41. The molecule has 4 nitrogen and oxygen atoms in total. The van der Waals surface area contributed by atoms with Crippen LogP contribution in [0.3, 0.4) is 0 Å². The zero-order chi connectivity index (χ0) is 13.9.